The summed E-state index contributed by atoms with van der Waals surface area (Å²) in [5, 5.41) is 3.30. The molecular weight excluding hydrogens is 416 g/mol. The van der Waals surface area contributed by atoms with Gasteiger partial charge in [0.1, 0.15) is 11.9 Å². The Bertz CT molecular complexity index is 1060. The average molecular weight is 449 g/mol. The Hall–Kier alpha value is -3.16. The molecule has 0 spiro atoms. The summed E-state index contributed by atoms with van der Waals surface area (Å²) in [7, 11) is 1.67. The average Bonchev–Trinajstić information content (AvgIpc) is 2.80. The lowest BCUT2D eigenvalue weighted by Gasteiger charge is -2.32. The number of aromatic nitrogens is 2. The van der Waals surface area contributed by atoms with E-state index < -0.39 is 0 Å². The molecule has 1 fully saturated rings. The zero-order valence-corrected chi connectivity index (χ0v) is 19.7. The summed E-state index contributed by atoms with van der Waals surface area (Å²) >= 11 is 0. The molecule has 0 radical (unpaired) electrons. The van der Waals surface area contributed by atoms with Crippen molar-refractivity contribution in [3.8, 4) is 11.5 Å². The SMILES string of the molecule is COc1ccc(CN2CCO[C@H](c3ccc(Nc4cccc(C)n4)cn3)C2)cc1OC(C)C. The molecule has 0 unspecified atom stereocenters. The number of ether oxygens (including phenoxy) is 3. The lowest BCUT2D eigenvalue weighted by molar-refractivity contribution is -0.0350. The fraction of sp³-hybridized carbons (Fsp3) is 0.385. The molecule has 4 rings (SSSR count). The van der Waals surface area contributed by atoms with Crippen molar-refractivity contribution in [3.05, 3.63) is 71.7 Å². The largest absolute Gasteiger partial charge is 0.493 e. The van der Waals surface area contributed by atoms with Crippen molar-refractivity contribution in [3.63, 3.8) is 0 Å². The second-order valence-electron chi connectivity index (χ2n) is 8.51. The number of methoxy groups -OCH3 is 1. The summed E-state index contributed by atoms with van der Waals surface area (Å²) in [6, 6.07) is 16.1. The van der Waals surface area contributed by atoms with E-state index in [1.54, 1.807) is 7.11 Å². The number of rotatable bonds is 8. The highest BCUT2D eigenvalue weighted by molar-refractivity contribution is 5.55. The minimum atomic E-state index is -0.0606. The van der Waals surface area contributed by atoms with Crippen LogP contribution >= 0.6 is 0 Å². The first-order chi connectivity index (χ1) is 16.0. The minimum absolute atomic E-state index is 0.0606. The summed E-state index contributed by atoms with van der Waals surface area (Å²) < 4.78 is 17.4. The number of nitrogens with zero attached hydrogens (tertiary/aromatic N) is 3. The molecule has 0 amide bonds. The highest BCUT2D eigenvalue weighted by Gasteiger charge is 2.23. The molecule has 7 heteroatoms. The van der Waals surface area contributed by atoms with Crippen molar-refractivity contribution >= 4 is 11.5 Å². The molecule has 1 aliphatic rings. The topological polar surface area (TPSA) is 68.7 Å². The van der Waals surface area contributed by atoms with Crippen LogP contribution in [-0.2, 0) is 11.3 Å². The van der Waals surface area contributed by atoms with Crippen molar-refractivity contribution in [2.75, 3.05) is 32.1 Å². The van der Waals surface area contributed by atoms with Gasteiger partial charge in [0, 0.05) is 25.3 Å². The van der Waals surface area contributed by atoms with Crippen molar-refractivity contribution in [1.29, 1.82) is 0 Å². The molecule has 3 heterocycles. The van der Waals surface area contributed by atoms with Crippen molar-refractivity contribution in [1.82, 2.24) is 14.9 Å². The van der Waals surface area contributed by atoms with Crippen LogP contribution in [0.25, 0.3) is 0 Å². The van der Waals surface area contributed by atoms with Gasteiger partial charge in [0.2, 0.25) is 0 Å². The normalized spacial score (nSPS) is 16.6. The van der Waals surface area contributed by atoms with Crippen LogP contribution < -0.4 is 14.8 Å². The zero-order chi connectivity index (χ0) is 23.2. The second-order valence-corrected chi connectivity index (χ2v) is 8.51. The molecule has 1 atom stereocenters. The van der Waals surface area contributed by atoms with E-state index in [0.717, 1.165) is 54.0 Å². The summed E-state index contributed by atoms with van der Waals surface area (Å²) in [6.07, 6.45) is 1.86. The maximum absolute atomic E-state index is 6.04. The van der Waals surface area contributed by atoms with E-state index in [2.05, 4.69) is 32.3 Å². The van der Waals surface area contributed by atoms with Gasteiger partial charge >= 0.3 is 0 Å². The molecule has 3 aromatic rings. The first kappa shape index (κ1) is 23.0. The van der Waals surface area contributed by atoms with Gasteiger partial charge in [0.25, 0.3) is 0 Å². The van der Waals surface area contributed by atoms with Gasteiger partial charge in [-0.3, -0.25) is 9.88 Å². The Balaban J connectivity index is 1.39. The Morgan fingerprint density at radius 1 is 1.15 bits per heavy atom. The number of hydrogen-bond acceptors (Lipinski definition) is 7. The maximum atomic E-state index is 6.04. The molecule has 1 saturated heterocycles. The first-order valence-corrected chi connectivity index (χ1v) is 11.3. The van der Waals surface area contributed by atoms with E-state index in [1.165, 1.54) is 5.56 Å². The molecule has 2 aromatic heterocycles. The highest BCUT2D eigenvalue weighted by Crippen LogP contribution is 2.30. The van der Waals surface area contributed by atoms with Gasteiger partial charge in [0.05, 0.1) is 37.4 Å². The van der Waals surface area contributed by atoms with Gasteiger partial charge < -0.3 is 19.5 Å². The van der Waals surface area contributed by atoms with Gasteiger partial charge in [-0.25, -0.2) is 4.98 Å². The number of anilines is 2. The fourth-order valence-corrected chi connectivity index (χ4v) is 3.88. The van der Waals surface area contributed by atoms with Crippen LogP contribution in [0.3, 0.4) is 0 Å². The summed E-state index contributed by atoms with van der Waals surface area (Å²) in [6.45, 7) is 9.16. The van der Waals surface area contributed by atoms with Gasteiger partial charge in [-0.15, -0.1) is 0 Å². The predicted molar refractivity (Wildman–Crippen MR) is 129 cm³/mol. The van der Waals surface area contributed by atoms with Gasteiger partial charge in [-0.1, -0.05) is 12.1 Å². The Kier molecular flexibility index (Phi) is 7.42. The summed E-state index contributed by atoms with van der Waals surface area (Å²) in [5.41, 5.74) is 3.99. The number of benzene rings is 1. The van der Waals surface area contributed by atoms with Crippen LogP contribution in [0.4, 0.5) is 11.5 Å². The third-order valence-corrected chi connectivity index (χ3v) is 5.42. The standard InChI is InChI=1S/C26H32N4O3/c1-18(2)33-24-14-20(8-11-23(24)31-4)16-30-12-13-32-25(17-30)22-10-9-21(15-27-22)29-26-7-5-6-19(3)28-26/h5-11,14-15,18,25H,12-13,16-17H2,1-4H3,(H,28,29)/t25-/m0/s1. The Morgan fingerprint density at radius 2 is 2.03 bits per heavy atom. The van der Waals surface area contributed by atoms with Crippen molar-refractivity contribution in [2.24, 2.45) is 0 Å². The smallest absolute Gasteiger partial charge is 0.161 e. The number of nitrogens with one attached hydrogen (secondary N) is 1. The Morgan fingerprint density at radius 3 is 2.76 bits per heavy atom. The third-order valence-electron chi connectivity index (χ3n) is 5.42. The maximum Gasteiger partial charge on any atom is 0.161 e. The van der Waals surface area contributed by atoms with Gasteiger partial charge in [-0.05, 0) is 62.7 Å². The molecule has 0 bridgehead atoms. The van der Waals surface area contributed by atoms with Crippen LogP contribution in [-0.4, -0.2) is 47.8 Å². The molecule has 33 heavy (non-hydrogen) atoms. The molecular formula is C26H32N4O3. The van der Waals surface area contributed by atoms with Crippen LogP contribution in [0.5, 0.6) is 11.5 Å². The van der Waals surface area contributed by atoms with E-state index in [4.69, 9.17) is 14.2 Å². The molecule has 7 nitrogen and oxygen atoms in total. The van der Waals surface area contributed by atoms with Crippen molar-refractivity contribution in [2.45, 2.75) is 39.5 Å². The van der Waals surface area contributed by atoms with E-state index in [1.807, 2.05) is 63.4 Å². The van der Waals surface area contributed by atoms with Crippen molar-refractivity contribution < 1.29 is 14.2 Å². The van der Waals surface area contributed by atoms with Crippen LogP contribution in [0, 0.1) is 6.92 Å². The lowest BCUT2D eigenvalue weighted by atomic mass is 10.1. The van der Waals surface area contributed by atoms with E-state index >= 15 is 0 Å². The second kappa shape index (κ2) is 10.6. The third kappa shape index (κ3) is 6.21. The number of aryl methyl sites for hydroxylation is 1. The summed E-state index contributed by atoms with van der Waals surface area (Å²) in [4.78, 5) is 11.5. The number of morpholine rings is 1. The molecule has 0 aliphatic carbocycles. The van der Waals surface area contributed by atoms with E-state index in [0.29, 0.717) is 6.61 Å². The van der Waals surface area contributed by atoms with Gasteiger partial charge in [-0.2, -0.15) is 0 Å². The molecule has 1 aromatic carbocycles. The minimum Gasteiger partial charge on any atom is -0.493 e. The quantitative estimate of drug-likeness (QED) is 0.526. The highest BCUT2D eigenvalue weighted by atomic mass is 16.5. The van der Waals surface area contributed by atoms with E-state index in [9.17, 15) is 0 Å². The predicted octanol–water partition coefficient (Wildman–Crippen LogP) is 4.90. The van der Waals surface area contributed by atoms with Crippen LogP contribution in [0.2, 0.25) is 0 Å². The monoisotopic (exact) mass is 448 g/mol. The molecule has 1 aliphatic heterocycles. The zero-order valence-electron chi connectivity index (χ0n) is 19.7. The number of hydrogen-bond donors (Lipinski definition) is 1. The first-order valence-electron chi connectivity index (χ1n) is 11.3. The number of pyridine rings is 2. The van der Waals surface area contributed by atoms with Crippen LogP contribution in [0.1, 0.15) is 36.9 Å². The van der Waals surface area contributed by atoms with Gasteiger partial charge in [0.15, 0.2) is 11.5 Å². The summed E-state index contributed by atoms with van der Waals surface area (Å²) in [5.74, 6) is 2.35. The fourth-order valence-electron chi connectivity index (χ4n) is 3.88. The molecule has 174 valence electrons. The van der Waals surface area contributed by atoms with Crippen LogP contribution in [0.15, 0.2) is 54.7 Å². The molecule has 1 N–H and O–H groups in total. The van der Waals surface area contributed by atoms with E-state index in [-0.39, 0.29) is 12.2 Å². The lowest BCUT2D eigenvalue weighted by Crippen LogP contribution is -2.38. The Labute approximate surface area is 195 Å². The molecule has 0 saturated carbocycles.